The van der Waals surface area contributed by atoms with Crippen LogP contribution in [0.25, 0.3) is 0 Å². The Morgan fingerprint density at radius 3 is 2.55 bits per heavy atom. The summed E-state index contributed by atoms with van der Waals surface area (Å²) in [7, 11) is 0. The Balaban J connectivity index is 2.38. The Bertz CT molecular complexity index is 753. The first-order valence-electron chi connectivity index (χ1n) is 6.82. The fourth-order valence-corrected chi connectivity index (χ4v) is 3.43. The van der Waals surface area contributed by atoms with Crippen molar-refractivity contribution in [3.8, 4) is 0 Å². The molecule has 2 aromatic rings. The largest absolute Gasteiger partial charge is 0.478 e. The number of carboxylic acids is 1. The first-order chi connectivity index (χ1) is 10.3. The molecule has 2 aromatic heterocycles. The van der Waals surface area contributed by atoms with Gasteiger partial charge in [-0.2, -0.15) is 0 Å². The highest BCUT2D eigenvalue weighted by molar-refractivity contribution is 7.16. The van der Waals surface area contributed by atoms with Crippen molar-refractivity contribution < 1.29 is 14.7 Å². The first kappa shape index (κ1) is 16.1. The van der Waals surface area contributed by atoms with Crippen LogP contribution in [-0.4, -0.2) is 27.0 Å². The Hall–Kier alpha value is -2.28. The molecule has 2 heterocycles. The second-order valence-corrected chi connectivity index (χ2v) is 6.09. The van der Waals surface area contributed by atoms with Crippen LogP contribution in [0, 0.1) is 20.8 Å². The van der Waals surface area contributed by atoms with Crippen LogP contribution in [0.15, 0.2) is 6.20 Å². The molecule has 7 heteroatoms. The number of aryl methyl sites for hydroxylation is 3. The average molecular weight is 319 g/mol. The summed E-state index contributed by atoms with van der Waals surface area (Å²) in [6, 6.07) is 0. The van der Waals surface area contributed by atoms with Crippen LogP contribution in [0.5, 0.6) is 0 Å². The van der Waals surface area contributed by atoms with Gasteiger partial charge in [0.25, 0.3) is 5.91 Å². The maximum Gasteiger partial charge on any atom is 0.339 e. The minimum Gasteiger partial charge on any atom is -0.478 e. The van der Waals surface area contributed by atoms with E-state index >= 15 is 0 Å². The number of thiophene rings is 1. The minimum absolute atomic E-state index is 0.170. The molecule has 1 amide bonds. The molecule has 6 nitrogen and oxygen atoms in total. The monoisotopic (exact) mass is 319 g/mol. The first-order valence-corrected chi connectivity index (χ1v) is 7.63. The van der Waals surface area contributed by atoms with Crippen LogP contribution in [0.1, 0.15) is 49.6 Å². The predicted octanol–water partition coefficient (Wildman–Crippen LogP) is 2.98. The van der Waals surface area contributed by atoms with Gasteiger partial charge >= 0.3 is 5.97 Å². The lowest BCUT2D eigenvalue weighted by atomic mass is 10.1. The van der Waals surface area contributed by atoms with E-state index in [0.717, 1.165) is 10.4 Å². The molecule has 0 aromatic carbocycles. The predicted molar refractivity (Wildman–Crippen MR) is 84.9 cm³/mol. The second-order valence-electron chi connectivity index (χ2n) is 4.87. The zero-order valence-corrected chi connectivity index (χ0v) is 13.7. The maximum atomic E-state index is 12.4. The summed E-state index contributed by atoms with van der Waals surface area (Å²) in [5.74, 6) is -0.849. The number of amides is 1. The lowest BCUT2D eigenvalue weighted by molar-refractivity contribution is 0.0697. The number of hydrogen-bond acceptors (Lipinski definition) is 5. The van der Waals surface area contributed by atoms with E-state index in [0.29, 0.717) is 28.5 Å². The lowest BCUT2D eigenvalue weighted by Gasteiger charge is -2.07. The summed E-state index contributed by atoms with van der Waals surface area (Å²) in [6.07, 6.45) is 2.06. The molecule has 0 saturated carbocycles. The Morgan fingerprint density at radius 2 is 2.00 bits per heavy atom. The van der Waals surface area contributed by atoms with Crippen molar-refractivity contribution in [2.45, 2.75) is 34.1 Å². The topological polar surface area (TPSA) is 92.2 Å². The van der Waals surface area contributed by atoms with Crippen molar-refractivity contribution in [2.75, 3.05) is 5.32 Å². The SMILES string of the molecule is CCc1c(C)sc(NC(=O)c2cnc(C)nc2C)c1C(=O)O. The molecular weight excluding hydrogens is 302 g/mol. The molecule has 0 unspecified atom stereocenters. The molecule has 0 aliphatic rings. The molecule has 0 saturated heterocycles. The van der Waals surface area contributed by atoms with Crippen LogP contribution in [0.3, 0.4) is 0 Å². The molecule has 2 N–H and O–H groups in total. The molecule has 0 aliphatic heterocycles. The second kappa shape index (κ2) is 6.23. The molecule has 0 bridgehead atoms. The molecule has 0 radical (unpaired) electrons. The van der Waals surface area contributed by atoms with Crippen molar-refractivity contribution in [1.29, 1.82) is 0 Å². The Labute approximate surface area is 132 Å². The fraction of sp³-hybridized carbons (Fsp3) is 0.333. The molecule has 22 heavy (non-hydrogen) atoms. The lowest BCUT2D eigenvalue weighted by Crippen LogP contribution is -2.16. The number of carboxylic acid groups (broad SMARTS) is 1. The summed E-state index contributed by atoms with van der Waals surface area (Å²) in [6.45, 7) is 7.21. The van der Waals surface area contributed by atoms with Crippen molar-refractivity contribution in [3.05, 3.63) is 39.3 Å². The van der Waals surface area contributed by atoms with Gasteiger partial charge in [0.2, 0.25) is 0 Å². The summed E-state index contributed by atoms with van der Waals surface area (Å²) < 4.78 is 0. The number of carbonyl (C=O) groups is 2. The number of nitrogens with one attached hydrogen (secondary N) is 1. The number of hydrogen-bond donors (Lipinski definition) is 2. The van der Waals surface area contributed by atoms with Crippen molar-refractivity contribution in [2.24, 2.45) is 0 Å². The normalized spacial score (nSPS) is 10.5. The van der Waals surface area contributed by atoms with E-state index in [1.807, 2.05) is 13.8 Å². The van der Waals surface area contributed by atoms with E-state index < -0.39 is 11.9 Å². The number of aromatic nitrogens is 2. The van der Waals surface area contributed by atoms with Crippen LogP contribution >= 0.6 is 11.3 Å². The highest BCUT2D eigenvalue weighted by atomic mass is 32.1. The van der Waals surface area contributed by atoms with Crippen molar-refractivity contribution in [1.82, 2.24) is 9.97 Å². The van der Waals surface area contributed by atoms with Gasteiger partial charge in [-0.05, 0) is 32.8 Å². The van der Waals surface area contributed by atoms with Crippen LogP contribution in [0.2, 0.25) is 0 Å². The standard InChI is InChI=1S/C15H17N3O3S/c1-5-10-8(3)22-14(12(10)15(20)21)18-13(19)11-6-16-9(4)17-7(11)2/h6H,5H2,1-4H3,(H,18,19)(H,20,21). The van der Waals surface area contributed by atoms with Gasteiger partial charge in [0.05, 0.1) is 16.8 Å². The number of carbonyl (C=O) groups excluding carboxylic acids is 1. The quantitative estimate of drug-likeness (QED) is 0.904. The van der Waals surface area contributed by atoms with Gasteiger partial charge in [0.15, 0.2) is 0 Å². The molecule has 0 atom stereocenters. The Morgan fingerprint density at radius 1 is 1.32 bits per heavy atom. The highest BCUT2D eigenvalue weighted by Gasteiger charge is 2.22. The zero-order valence-electron chi connectivity index (χ0n) is 12.9. The molecule has 0 fully saturated rings. The van der Waals surface area contributed by atoms with E-state index in [9.17, 15) is 14.7 Å². The summed E-state index contributed by atoms with van der Waals surface area (Å²) >= 11 is 1.27. The van der Waals surface area contributed by atoms with Crippen molar-refractivity contribution >= 4 is 28.2 Å². The van der Waals surface area contributed by atoms with E-state index in [2.05, 4.69) is 15.3 Å². The third-order valence-corrected chi connectivity index (χ3v) is 4.41. The third kappa shape index (κ3) is 2.99. The van der Waals surface area contributed by atoms with Crippen LogP contribution in [-0.2, 0) is 6.42 Å². The van der Waals surface area contributed by atoms with Gasteiger partial charge in [0.1, 0.15) is 10.8 Å². The van der Waals surface area contributed by atoms with E-state index in [4.69, 9.17) is 0 Å². The number of anilines is 1. The van der Waals surface area contributed by atoms with Gasteiger partial charge < -0.3 is 10.4 Å². The molecule has 0 spiro atoms. The fourth-order valence-electron chi connectivity index (χ4n) is 2.30. The average Bonchev–Trinajstić information content (AvgIpc) is 2.74. The highest BCUT2D eigenvalue weighted by Crippen LogP contribution is 2.33. The van der Waals surface area contributed by atoms with E-state index in [1.54, 1.807) is 13.8 Å². The molecule has 116 valence electrons. The molecule has 2 rings (SSSR count). The summed E-state index contributed by atoms with van der Waals surface area (Å²) in [5.41, 5.74) is 1.82. The summed E-state index contributed by atoms with van der Waals surface area (Å²) in [5, 5.41) is 12.4. The third-order valence-electron chi connectivity index (χ3n) is 3.35. The molecular formula is C15H17N3O3S. The number of nitrogens with zero attached hydrogens (tertiary/aromatic N) is 2. The van der Waals surface area contributed by atoms with Crippen LogP contribution < -0.4 is 5.32 Å². The smallest absolute Gasteiger partial charge is 0.339 e. The zero-order chi connectivity index (χ0) is 16.4. The number of aromatic carboxylic acids is 1. The minimum atomic E-state index is -1.03. The van der Waals surface area contributed by atoms with Gasteiger partial charge in [-0.1, -0.05) is 6.92 Å². The maximum absolute atomic E-state index is 12.4. The number of rotatable bonds is 4. The van der Waals surface area contributed by atoms with E-state index in [1.165, 1.54) is 17.5 Å². The summed E-state index contributed by atoms with van der Waals surface area (Å²) in [4.78, 5) is 32.9. The van der Waals surface area contributed by atoms with Gasteiger partial charge in [-0.15, -0.1) is 11.3 Å². The van der Waals surface area contributed by atoms with Gasteiger partial charge in [0, 0.05) is 11.1 Å². The van der Waals surface area contributed by atoms with Gasteiger partial charge in [-0.3, -0.25) is 4.79 Å². The Kier molecular flexibility index (Phi) is 4.56. The van der Waals surface area contributed by atoms with Gasteiger partial charge in [-0.25, -0.2) is 14.8 Å². The molecule has 0 aliphatic carbocycles. The van der Waals surface area contributed by atoms with Crippen LogP contribution in [0.4, 0.5) is 5.00 Å². The van der Waals surface area contributed by atoms with Crippen molar-refractivity contribution in [3.63, 3.8) is 0 Å². The van der Waals surface area contributed by atoms with E-state index in [-0.39, 0.29) is 5.56 Å².